The molecule has 0 radical (unpaired) electrons. The number of nitrogens with zero attached hydrogens (tertiary/aromatic N) is 3. The lowest BCUT2D eigenvalue weighted by molar-refractivity contribution is 0.176. The molecule has 0 unspecified atom stereocenters. The van der Waals surface area contributed by atoms with Crippen LogP contribution >= 0.6 is 0 Å². The Labute approximate surface area is 143 Å². The smallest absolute Gasteiger partial charge is 0.233 e. The Morgan fingerprint density at radius 3 is 3.04 bits per heavy atom. The van der Waals surface area contributed by atoms with Crippen LogP contribution in [0.4, 0.5) is 10.2 Å². The zero-order chi connectivity index (χ0) is 17.8. The van der Waals surface area contributed by atoms with Crippen molar-refractivity contribution in [3.63, 3.8) is 0 Å². The first-order valence-corrected chi connectivity index (χ1v) is 7.42. The molecule has 7 nitrogen and oxygen atoms in total. The molecule has 3 rings (SSSR count). The molecule has 1 aromatic carbocycles. The second kappa shape index (κ2) is 7.00. The molecule has 0 fully saturated rings. The highest BCUT2D eigenvalue weighted by Crippen LogP contribution is 2.31. The first-order chi connectivity index (χ1) is 12.1. The fourth-order valence-electron chi connectivity index (χ4n) is 2.25. The van der Waals surface area contributed by atoms with Crippen LogP contribution in [0.3, 0.4) is 0 Å². The lowest BCUT2D eigenvalue weighted by Crippen LogP contribution is -2.03. The Hall–Kier alpha value is -3.42. The third-order valence-corrected chi connectivity index (χ3v) is 3.37. The fourth-order valence-corrected chi connectivity index (χ4v) is 2.25. The van der Waals surface area contributed by atoms with Gasteiger partial charge in [-0.2, -0.15) is 0 Å². The molecule has 0 aliphatic heterocycles. The fraction of sp³-hybridized carbons (Fsp3) is 0.118. The summed E-state index contributed by atoms with van der Waals surface area (Å²) in [5.74, 6) is -0.269. The van der Waals surface area contributed by atoms with Crippen LogP contribution in [0.25, 0.3) is 10.9 Å². The normalized spacial score (nSPS) is 11.1. The van der Waals surface area contributed by atoms with E-state index in [0.717, 1.165) is 5.69 Å². The molecule has 0 atom stereocenters. The summed E-state index contributed by atoms with van der Waals surface area (Å²) in [7, 11) is 0. The molecule has 2 heterocycles. The summed E-state index contributed by atoms with van der Waals surface area (Å²) in [5.41, 5.74) is 7.65. The molecule has 8 heteroatoms. The minimum Gasteiger partial charge on any atom is -0.435 e. The molecule has 2 aromatic heterocycles. The van der Waals surface area contributed by atoms with Crippen LogP contribution < -0.4 is 10.5 Å². The predicted molar refractivity (Wildman–Crippen MR) is 93.3 cm³/mol. The van der Waals surface area contributed by atoms with Crippen LogP contribution in [0.5, 0.6) is 11.6 Å². The van der Waals surface area contributed by atoms with Crippen LogP contribution in [0.15, 0.2) is 42.3 Å². The van der Waals surface area contributed by atoms with E-state index in [1.807, 2.05) is 6.92 Å². The van der Waals surface area contributed by atoms with Crippen molar-refractivity contribution in [2.24, 2.45) is 5.16 Å². The number of nitrogen functional groups attached to an aromatic ring is 1. The molecule has 25 heavy (non-hydrogen) atoms. The summed E-state index contributed by atoms with van der Waals surface area (Å²) >= 11 is 0. The molecule has 0 aliphatic carbocycles. The molecule has 0 saturated heterocycles. The summed E-state index contributed by atoms with van der Waals surface area (Å²) in [4.78, 5) is 15.9. The van der Waals surface area contributed by atoms with E-state index in [-0.39, 0.29) is 29.6 Å². The minimum atomic E-state index is -0.496. The van der Waals surface area contributed by atoms with Gasteiger partial charge in [-0.3, -0.25) is 0 Å². The molecular formula is C17H16FN5O2. The van der Waals surface area contributed by atoms with Gasteiger partial charge in [-0.15, -0.1) is 0 Å². The predicted octanol–water partition coefficient (Wildman–Crippen LogP) is 3.32. The van der Waals surface area contributed by atoms with E-state index in [0.29, 0.717) is 10.9 Å². The molecular weight excluding hydrogens is 325 g/mol. The number of nitrogens with one attached hydrogen (secondary N) is 1. The second-order valence-corrected chi connectivity index (χ2v) is 5.19. The maximum Gasteiger partial charge on any atom is 0.233 e. The van der Waals surface area contributed by atoms with Gasteiger partial charge in [0.25, 0.3) is 0 Å². The zero-order valence-corrected chi connectivity index (χ0v) is 13.5. The maximum atomic E-state index is 14.7. The Bertz CT molecular complexity index is 952. The van der Waals surface area contributed by atoms with Gasteiger partial charge in [0.05, 0.1) is 6.21 Å². The Kier molecular flexibility index (Phi) is 4.60. The van der Waals surface area contributed by atoms with Crippen LogP contribution in [-0.4, -0.2) is 27.8 Å². The number of H-pyrrole nitrogens is 1. The third kappa shape index (κ3) is 3.42. The van der Waals surface area contributed by atoms with Crippen LogP contribution in [0.2, 0.25) is 0 Å². The Morgan fingerprint density at radius 1 is 1.40 bits per heavy atom. The Morgan fingerprint density at radius 2 is 2.24 bits per heavy atom. The van der Waals surface area contributed by atoms with E-state index >= 15 is 0 Å². The van der Waals surface area contributed by atoms with Crippen molar-refractivity contribution in [3.05, 3.63) is 54.3 Å². The van der Waals surface area contributed by atoms with E-state index < -0.39 is 5.82 Å². The quantitative estimate of drug-likeness (QED) is 0.310. The lowest BCUT2D eigenvalue weighted by Gasteiger charge is -2.09. The molecule has 0 saturated carbocycles. The van der Waals surface area contributed by atoms with E-state index in [1.165, 1.54) is 18.6 Å². The van der Waals surface area contributed by atoms with Crippen molar-refractivity contribution in [2.75, 3.05) is 12.3 Å². The van der Waals surface area contributed by atoms with Crippen molar-refractivity contribution in [1.29, 1.82) is 0 Å². The van der Waals surface area contributed by atoms with Gasteiger partial charge in [0.2, 0.25) is 5.88 Å². The number of nitrogens with two attached hydrogens (primary N) is 1. The average molecular weight is 341 g/mol. The third-order valence-electron chi connectivity index (χ3n) is 3.37. The molecule has 0 aliphatic rings. The number of hydrogen-bond donors (Lipinski definition) is 2. The molecule has 3 N–H and O–H groups in total. The molecule has 0 bridgehead atoms. The van der Waals surface area contributed by atoms with Gasteiger partial charge in [0.1, 0.15) is 24.3 Å². The Balaban J connectivity index is 1.95. The van der Waals surface area contributed by atoms with Crippen molar-refractivity contribution in [1.82, 2.24) is 15.0 Å². The van der Waals surface area contributed by atoms with E-state index in [9.17, 15) is 4.39 Å². The average Bonchev–Trinajstić information content (AvgIpc) is 2.97. The van der Waals surface area contributed by atoms with Gasteiger partial charge in [0, 0.05) is 16.6 Å². The highest BCUT2D eigenvalue weighted by Gasteiger charge is 2.15. The second-order valence-electron chi connectivity index (χ2n) is 5.19. The molecule has 0 spiro atoms. The number of aromatic nitrogens is 3. The summed E-state index contributed by atoms with van der Waals surface area (Å²) < 4.78 is 20.3. The monoisotopic (exact) mass is 341 g/mol. The van der Waals surface area contributed by atoms with Crippen molar-refractivity contribution in [2.45, 2.75) is 6.92 Å². The maximum absolute atomic E-state index is 14.7. The lowest BCUT2D eigenvalue weighted by atomic mass is 10.2. The molecule has 3 aromatic rings. The highest BCUT2D eigenvalue weighted by atomic mass is 19.1. The number of ether oxygens (including phenoxy) is 1. The van der Waals surface area contributed by atoms with Crippen molar-refractivity contribution in [3.8, 4) is 11.6 Å². The van der Waals surface area contributed by atoms with E-state index in [2.05, 4.69) is 26.7 Å². The summed E-state index contributed by atoms with van der Waals surface area (Å²) in [5, 5.41) is 4.17. The number of hydrogen-bond acceptors (Lipinski definition) is 6. The number of fused-ring (bicyclic) bond motifs is 1. The summed E-state index contributed by atoms with van der Waals surface area (Å²) in [6, 6.07) is 4.95. The topological polar surface area (TPSA) is 98.4 Å². The largest absolute Gasteiger partial charge is 0.435 e. The first-order valence-electron chi connectivity index (χ1n) is 7.42. The van der Waals surface area contributed by atoms with Gasteiger partial charge in [-0.25, -0.2) is 14.4 Å². The number of oxime groups is 1. The van der Waals surface area contributed by atoms with Gasteiger partial charge in [-0.05, 0) is 25.1 Å². The highest BCUT2D eigenvalue weighted by molar-refractivity contribution is 5.88. The number of rotatable bonds is 6. The molecule has 128 valence electrons. The van der Waals surface area contributed by atoms with E-state index in [1.54, 1.807) is 18.2 Å². The van der Waals surface area contributed by atoms with Crippen molar-refractivity contribution < 1.29 is 14.0 Å². The number of anilines is 1. The van der Waals surface area contributed by atoms with Crippen LogP contribution in [0, 0.1) is 12.7 Å². The van der Waals surface area contributed by atoms with Gasteiger partial charge in [-0.1, -0.05) is 17.8 Å². The molecule has 0 amide bonds. The van der Waals surface area contributed by atoms with Gasteiger partial charge < -0.3 is 20.3 Å². The number of aryl methyl sites for hydroxylation is 1. The SMILES string of the molecule is C=CCON=Cc1c(N)ncnc1Oc1ccc2[nH]c(C)cc2c1F. The zero-order valence-electron chi connectivity index (χ0n) is 13.5. The summed E-state index contributed by atoms with van der Waals surface area (Å²) in [6.07, 6.45) is 4.08. The summed E-state index contributed by atoms with van der Waals surface area (Å²) in [6.45, 7) is 5.60. The first kappa shape index (κ1) is 16.4. The van der Waals surface area contributed by atoms with Gasteiger partial charge >= 0.3 is 0 Å². The number of halogens is 1. The minimum absolute atomic E-state index is 0.0197. The van der Waals surface area contributed by atoms with Crippen LogP contribution in [0.1, 0.15) is 11.3 Å². The van der Waals surface area contributed by atoms with Crippen LogP contribution in [-0.2, 0) is 4.84 Å². The standard InChI is InChI=1S/C17H16FN5O2/c1-3-6-24-22-8-12-16(19)20-9-21-17(12)25-14-5-4-13-11(15(14)18)7-10(2)23-13/h3-5,7-9,23H,1,6H2,2H3,(H2,19,20,21). The van der Waals surface area contributed by atoms with Crippen molar-refractivity contribution >= 4 is 22.9 Å². The van der Waals surface area contributed by atoms with Gasteiger partial charge in [0.15, 0.2) is 11.6 Å². The number of aromatic amines is 1. The van der Waals surface area contributed by atoms with E-state index in [4.69, 9.17) is 15.3 Å². The number of benzene rings is 1.